The molecule has 7 heteroatoms. The minimum atomic E-state index is 0. The molecule has 1 aromatic rings. The molecule has 4 nitrogen and oxygen atoms in total. The second-order valence-corrected chi connectivity index (χ2v) is 2.26. The van der Waals surface area contributed by atoms with Gasteiger partial charge in [0.2, 0.25) is 0 Å². The first-order valence-electron chi connectivity index (χ1n) is 3.24. The number of nitrogens with two attached hydrogens (primary N) is 2. The van der Waals surface area contributed by atoms with Crippen molar-refractivity contribution < 1.29 is 0 Å². The van der Waals surface area contributed by atoms with Gasteiger partial charge in [0, 0.05) is 31.5 Å². The highest BCUT2D eigenvalue weighted by atomic mass is 35.5. The van der Waals surface area contributed by atoms with E-state index in [1.54, 1.807) is 12.5 Å². The van der Waals surface area contributed by atoms with Crippen molar-refractivity contribution in [1.82, 2.24) is 9.55 Å². The summed E-state index contributed by atoms with van der Waals surface area (Å²) >= 11 is 0. The Kier molecular flexibility index (Phi) is 14.5. The van der Waals surface area contributed by atoms with E-state index >= 15 is 0 Å². The summed E-state index contributed by atoms with van der Waals surface area (Å²) in [4.78, 5) is 3.88. The van der Waals surface area contributed by atoms with Gasteiger partial charge in [0.1, 0.15) is 0 Å². The van der Waals surface area contributed by atoms with Gasteiger partial charge in [0.25, 0.3) is 0 Å². The molecule has 80 valence electrons. The summed E-state index contributed by atoms with van der Waals surface area (Å²) in [5.74, 6) is 0. The summed E-state index contributed by atoms with van der Waals surface area (Å²) in [7, 11) is 0. The molecule has 1 rings (SSSR count). The summed E-state index contributed by atoms with van der Waals surface area (Å²) < 4.78 is 1.91. The highest BCUT2D eigenvalue weighted by Crippen LogP contribution is 1.87. The Morgan fingerprint density at radius 2 is 1.92 bits per heavy atom. The molecular formula is C6H15Cl3N4. The van der Waals surface area contributed by atoms with Crippen LogP contribution >= 0.6 is 37.2 Å². The van der Waals surface area contributed by atoms with Crippen LogP contribution in [0.15, 0.2) is 18.7 Å². The molecule has 0 amide bonds. The summed E-state index contributed by atoms with van der Waals surface area (Å²) in [5, 5.41) is 0. The molecule has 0 aliphatic carbocycles. The molecule has 0 radical (unpaired) electrons. The number of nitrogens with zero attached hydrogens (tertiary/aromatic N) is 2. The largest absolute Gasteiger partial charge is 0.336 e. The standard InChI is InChI=1S/C6H12N4.3ClH/c7-3-6(8)4-10-2-1-9-5-10;;;/h1-2,5-6H,3-4,7-8H2;3*1H. The number of hydrogen-bond donors (Lipinski definition) is 2. The fraction of sp³-hybridized carbons (Fsp3) is 0.500. The van der Waals surface area contributed by atoms with Crippen LogP contribution in [0.25, 0.3) is 0 Å². The van der Waals surface area contributed by atoms with E-state index in [-0.39, 0.29) is 43.3 Å². The van der Waals surface area contributed by atoms with Gasteiger partial charge >= 0.3 is 0 Å². The summed E-state index contributed by atoms with van der Waals surface area (Å²) in [6.07, 6.45) is 5.33. The van der Waals surface area contributed by atoms with Gasteiger partial charge in [-0.05, 0) is 0 Å². The maximum Gasteiger partial charge on any atom is 0.0946 e. The lowest BCUT2D eigenvalue weighted by atomic mass is 10.3. The van der Waals surface area contributed by atoms with Crippen molar-refractivity contribution in [2.24, 2.45) is 11.5 Å². The lowest BCUT2D eigenvalue weighted by molar-refractivity contribution is 0.559. The smallest absolute Gasteiger partial charge is 0.0946 e. The van der Waals surface area contributed by atoms with Gasteiger partial charge in [-0.3, -0.25) is 0 Å². The molecule has 0 aliphatic rings. The molecule has 0 fully saturated rings. The van der Waals surface area contributed by atoms with Crippen LogP contribution in [0.2, 0.25) is 0 Å². The van der Waals surface area contributed by atoms with Gasteiger partial charge in [0.05, 0.1) is 6.33 Å². The average Bonchev–Trinajstić information content (AvgIpc) is 2.40. The topological polar surface area (TPSA) is 69.9 Å². The highest BCUT2D eigenvalue weighted by molar-refractivity contribution is 5.86. The zero-order chi connectivity index (χ0) is 7.40. The van der Waals surface area contributed by atoms with Gasteiger partial charge in [-0.1, -0.05) is 0 Å². The predicted octanol–water partition coefficient (Wildman–Crippen LogP) is 0.435. The van der Waals surface area contributed by atoms with E-state index in [0.717, 1.165) is 6.54 Å². The van der Waals surface area contributed by atoms with Gasteiger partial charge in [0.15, 0.2) is 0 Å². The first kappa shape index (κ1) is 18.7. The Balaban J connectivity index is -0.000000333. The molecule has 0 saturated heterocycles. The molecule has 0 saturated carbocycles. The molecule has 1 atom stereocenters. The molecule has 1 aromatic heterocycles. The van der Waals surface area contributed by atoms with Crippen LogP contribution in [0.3, 0.4) is 0 Å². The molecule has 1 heterocycles. The van der Waals surface area contributed by atoms with Crippen LogP contribution in [-0.4, -0.2) is 22.1 Å². The van der Waals surface area contributed by atoms with E-state index in [1.807, 2.05) is 10.8 Å². The summed E-state index contributed by atoms with van der Waals surface area (Å²) in [6, 6.07) is 0.0363. The van der Waals surface area contributed by atoms with E-state index in [4.69, 9.17) is 11.5 Å². The first-order chi connectivity index (χ1) is 4.83. The summed E-state index contributed by atoms with van der Waals surface area (Å²) in [5.41, 5.74) is 10.9. The number of rotatable bonds is 3. The second-order valence-electron chi connectivity index (χ2n) is 2.26. The third-order valence-electron chi connectivity index (χ3n) is 1.31. The van der Waals surface area contributed by atoms with E-state index in [0.29, 0.717) is 6.54 Å². The number of imidazole rings is 1. The first-order valence-corrected chi connectivity index (χ1v) is 3.24. The van der Waals surface area contributed by atoms with Gasteiger partial charge < -0.3 is 16.0 Å². The number of hydrogen-bond acceptors (Lipinski definition) is 3. The van der Waals surface area contributed by atoms with Crippen molar-refractivity contribution in [3.8, 4) is 0 Å². The van der Waals surface area contributed by atoms with E-state index in [9.17, 15) is 0 Å². The van der Waals surface area contributed by atoms with Gasteiger partial charge in [-0.2, -0.15) is 0 Å². The Bertz CT molecular complexity index is 180. The monoisotopic (exact) mass is 248 g/mol. The minimum Gasteiger partial charge on any atom is -0.336 e. The Labute approximate surface area is 96.3 Å². The zero-order valence-corrected chi connectivity index (χ0v) is 9.45. The molecule has 0 spiro atoms. The third-order valence-corrected chi connectivity index (χ3v) is 1.31. The van der Waals surface area contributed by atoms with Crippen molar-refractivity contribution in [3.63, 3.8) is 0 Å². The van der Waals surface area contributed by atoms with Crippen LogP contribution in [0.1, 0.15) is 0 Å². The number of aromatic nitrogens is 2. The lowest BCUT2D eigenvalue weighted by Gasteiger charge is -2.07. The lowest BCUT2D eigenvalue weighted by Crippen LogP contribution is -2.33. The number of halogens is 3. The van der Waals surface area contributed by atoms with Crippen LogP contribution in [0.4, 0.5) is 0 Å². The van der Waals surface area contributed by atoms with Gasteiger partial charge in [-0.15, -0.1) is 37.2 Å². The summed E-state index contributed by atoms with van der Waals surface area (Å²) in [6.45, 7) is 1.26. The molecule has 0 aliphatic heterocycles. The fourth-order valence-electron chi connectivity index (χ4n) is 0.740. The predicted molar refractivity (Wildman–Crippen MR) is 61.0 cm³/mol. The van der Waals surface area contributed by atoms with Crippen LogP contribution < -0.4 is 11.5 Å². The Morgan fingerprint density at radius 3 is 2.31 bits per heavy atom. The van der Waals surface area contributed by atoms with Crippen molar-refractivity contribution >= 4 is 37.2 Å². The van der Waals surface area contributed by atoms with Crippen LogP contribution in [0.5, 0.6) is 0 Å². The maximum absolute atomic E-state index is 5.59. The van der Waals surface area contributed by atoms with E-state index in [2.05, 4.69) is 4.98 Å². The fourth-order valence-corrected chi connectivity index (χ4v) is 0.740. The minimum absolute atomic E-state index is 0. The molecule has 13 heavy (non-hydrogen) atoms. The zero-order valence-electron chi connectivity index (χ0n) is 7.00. The molecule has 0 aromatic carbocycles. The van der Waals surface area contributed by atoms with Crippen molar-refractivity contribution in [2.75, 3.05) is 6.54 Å². The van der Waals surface area contributed by atoms with Crippen LogP contribution in [-0.2, 0) is 6.54 Å². The SMILES string of the molecule is Cl.Cl.Cl.NCC(N)Cn1ccnc1. The second kappa shape index (κ2) is 10.1. The van der Waals surface area contributed by atoms with Crippen molar-refractivity contribution in [2.45, 2.75) is 12.6 Å². The Morgan fingerprint density at radius 1 is 1.31 bits per heavy atom. The molecule has 4 N–H and O–H groups in total. The normalized spacial score (nSPS) is 10.3. The molecule has 0 bridgehead atoms. The van der Waals surface area contributed by atoms with Crippen LogP contribution in [0, 0.1) is 0 Å². The van der Waals surface area contributed by atoms with Crippen molar-refractivity contribution in [1.29, 1.82) is 0 Å². The molecule has 1 unspecified atom stereocenters. The van der Waals surface area contributed by atoms with E-state index in [1.165, 1.54) is 0 Å². The van der Waals surface area contributed by atoms with Crippen molar-refractivity contribution in [3.05, 3.63) is 18.7 Å². The third kappa shape index (κ3) is 7.10. The Hall–Kier alpha value is -0.000000000000000167. The van der Waals surface area contributed by atoms with Gasteiger partial charge in [-0.25, -0.2) is 4.98 Å². The average molecular weight is 250 g/mol. The molecular weight excluding hydrogens is 234 g/mol. The van der Waals surface area contributed by atoms with E-state index < -0.39 is 0 Å². The highest BCUT2D eigenvalue weighted by Gasteiger charge is 1.98. The maximum atomic E-state index is 5.59. The quantitative estimate of drug-likeness (QED) is 0.816.